The van der Waals surface area contributed by atoms with Crippen LogP contribution in [0.1, 0.15) is 23.2 Å². The van der Waals surface area contributed by atoms with Crippen LogP contribution in [0, 0.1) is 5.92 Å². The fraction of sp³-hybridized carbons (Fsp3) is 0.500. The Balaban J connectivity index is 0.00000220. The van der Waals surface area contributed by atoms with Crippen LogP contribution in [-0.2, 0) is 0 Å². The van der Waals surface area contributed by atoms with Crippen molar-refractivity contribution in [1.29, 1.82) is 0 Å². The van der Waals surface area contributed by atoms with E-state index in [1.54, 1.807) is 24.3 Å². The van der Waals surface area contributed by atoms with E-state index in [1.807, 2.05) is 0 Å². The number of thioether (sulfide) groups is 1. The van der Waals surface area contributed by atoms with Gasteiger partial charge in [-0.05, 0) is 56.1 Å². The van der Waals surface area contributed by atoms with E-state index in [-0.39, 0.29) is 18.3 Å². The molecule has 118 valence electrons. The predicted octanol–water partition coefficient (Wildman–Crippen LogP) is 3.15. The minimum absolute atomic E-state index is 0. The summed E-state index contributed by atoms with van der Waals surface area (Å²) in [6.07, 6.45) is 2.26. The Bertz CT molecular complexity index is 439. The number of benzene rings is 1. The summed E-state index contributed by atoms with van der Waals surface area (Å²) in [5.74, 6) is -2.11. The van der Waals surface area contributed by atoms with Gasteiger partial charge in [-0.3, -0.25) is 4.79 Å². The van der Waals surface area contributed by atoms with Crippen LogP contribution in [0.2, 0.25) is 0 Å². The third-order valence-corrected chi connectivity index (χ3v) is 4.01. The molecule has 1 saturated heterocycles. The highest BCUT2D eigenvalue weighted by molar-refractivity contribution is 7.99. The van der Waals surface area contributed by atoms with Crippen LogP contribution >= 0.6 is 24.2 Å². The lowest BCUT2D eigenvalue weighted by atomic mass is 10.00. The lowest BCUT2D eigenvalue weighted by molar-refractivity contribution is 0.0945. The van der Waals surface area contributed by atoms with E-state index in [0.29, 0.717) is 34.7 Å². The molecule has 0 aliphatic carbocycles. The number of rotatable bonds is 5. The van der Waals surface area contributed by atoms with Gasteiger partial charge in [0.25, 0.3) is 11.7 Å². The first-order chi connectivity index (χ1) is 9.65. The second kappa shape index (κ2) is 9.23. The largest absolute Gasteiger partial charge is 0.352 e. The van der Waals surface area contributed by atoms with Gasteiger partial charge in [0.15, 0.2) is 0 Å². The summed E-state index contributed by atoms with van der Waals surface area (Å²) in [4.78, 5) is 12.4. The molecule has 1 aliphatic heterocycles. The van der Waals surface area contributed by atoms with E-state index < -0.39 is 5.76 Å². The molecule has 0 radical (unpaired) electrons. The molecule has 1 aromatic rings. The Kier molecular flexibility index (Phi) is 8.00. The Morgan fingerprint density at radius 2 is 2.10 bits per heavy atom. The molecule has 21 heavy (non-hydrogen) atoms. The first-order valence-corrected chi connectivity index (χ1v) is 7.57. The predicted molar refractivity (Wildman–Crippen MR) is 83.5 cm³/mol. The summed E-state index contributed by atoms with van der Waals surface area (Å²) < 4.78 is 24.4. The van der Waals surface area contributed by atoms with Crippen molar-refractivity contribution in [2.24, 2.45) is 5.92 Å². The van der Waals surface area contributed by atoms with Gasteiger partial charge in [0.2, 0.25) is 0 Å². The maximum absolute atomic E-state index is 12.2. The number of hydrogen-bond acceptors (Lipinski definition) is 3. The maximum Gasteiger partial charge on any atom is 0.288 e. The molecule has 0 bridgehead atoms. The number of nitrogens with one attached hydrogen (secondary N) is 2. The van der Waals surface area contributed by atoms with Crippen LogP contribution in [0.15, 0.2) is 29.2 Å². The van der Waals surface area contributed by atoms with Crippen molar-refractivity contribution in [3.8, 4) is 0 Å². The highest BCUT2D eigenvalue weighted by Gasteiger charge is 2.14. The Morgan fingerprint density at radius 3 is 2.67 bits per heavy atom. The quantitative estimate of drug-likeness (QED) is 0.812. The molecule has 0 aromatic heterocycles. The molecule has 1 aromatic carbocycles. The highest BCUT2D eigenvalue weighted by Crippen LogP contribution is 2.25. The molecule has 1 aliphatic rings. The van der Waals surface area contributed by atoms with Crippen molar-refractivity contribution in [1.82, 2.24) is 10.6 Å². The zero-order valence-electron chi connectivity index (χ0n) is 11.5. The van der Waals surface area contributed by atoms with E-state index in [4.69, 9.17) is 0 Å². The van der Waals surface area contributed by atoms with Gasteiger partial charge in [-0.25, -0.2) is 0 Å². The zero-order valence-corrected chi connectivity index (χ0v) is 13.1. The Morgan fingerprint density at radius 1 is 1.38 bits per heavy atom. The lowest BCUT2D eigenvalue weighted by Crippen LogP contribution is -2.38. The minimum Gasteiger partial charge on any atom is -0.352 e. The van der Waals surface area contributed by atoms with Crippen LogP contribution in [0.5, 0.6) is 0 Å². The summed E-state index contributed by atoms with van der Waals surface area (Å²) >= 11 is 0.482. The molecule has 1 heterocycles. The van der Waals surface area contributed by atoms with Gasteiger partial charge >= 0.3 is 0 Å². The van der Waals surface area contributed by atoms with E-state index >= 15 is 0 Å². The summed E-state index contributed by atoms with van der Waals surface area (Å²) in [5.41, 5.74) is 0.507. The lowest BCUT2D eigenvalue weighted by Gasteiger charge is -2.22. The number of halogens is 3. The molecule has 2 rings (SSSR count). The van der Waals surface area contributed by atoms with E-state index in [2.05, 4.69) is 10.6 Å². The van der Waals surface area contributed by atoms with Crippen LogP contribution in [-0.4, -0.2) is 31.3 Å². The van der Waals surface area contributed by atoms with Crippen molar-refractivity contribution in [3.05, 3.63) is 29.8 Å². The molecule has 2 N–H and O–H groups in total. The number of amides is 1. The monoisotopic (exact) mass is 336 g/mol. The van der Waals surface area contributed by atoms with Crippen LogP contribution < -0.4 is 10.6 Å². The first-order valence-electron chi connectivity index (χ1n) is 6.69. The summed E-state index contributed by atoms with van der Waals surface area (Å²) in [6.45, 7) is 2.64. The van der Waals surface area contributed by atoms with E-state index in [1.165, 1.54) is 0 Å². The Labute approximate surface area is 133 Å². The van der Waals surface area contributed by atoms with E-state index in [9.17, 15) is 13.6 Å². The normalized spacial score (nSPS) is 18.1. The molecule has 1 atom stereocenters. The van der Waals surface area contributed by atoms with Crippen LogP contribution in [0.25, 0.3) is 0 Å². The average Bonchev–Trinajstić information content (AvgIpc) is 2.46. The van der Waals surface area contributed by atoms with Gasteiger partial charge in [0, 0.05) is 17.0 Å². The molecule has 1 fully saturated rings. The van der Waals surface area contributed by atoms with E-state index in [0.717, 1.165) is 25.9 Å². The van der Waals surface area contributed by atoms with Gasteiger partial charge in [-0.15, -0.1) is 12.4 Å². The molecule has 0 saturated carbocycles. The van der Waals surface area contributed by atoms with Crippen molar-refractivity contribution in [2.45, 2.75) is 23.5 Å². The smallest absolute Gasteiger partial charge is 0.288 e. The van der Waals surface area contributed by atoms with Gasteiger partial charge in [-0.1, -0.05) is 11.8 Å². The zero-order chi connectivity index (χ0) is 14.4. The van der Waals surface area contributed by atoms with Crippen molar-refractivity contribution in [2.75, 3.05) is 19.6 Å². The number of carbonyl (C=O) groups is 1. The third-order valence-electron chi connectivity index (χ3n) is 3.29. The standard InChI is InChI=1S/C14H18F2N2OS.ClH/c15-14(16)20-12-5-3-11(4-6-12)13(19)18-9-10-2-1-7-17-8-10;/h3-6,10,14,17H,1-2,7-9H2,(H,18,19);1H. The van der Waals surface area contributed by atoms with Crippen LogP contribution in [0.4, 0.5) is 8.78 Å². The van der Waals surface area contributed by atoms with Crippen molar-refractivity contribution >= 4 is 30.1 Å². The summed E-state index contributed by atoms with van der Waals surface area (Å²) in [5, 5.41) is 6.19. The van der Waals surface area contributed by atoms with Crippen molar-refractivity contribution < 1.29 is 13.6 Å². The highest BCUT2D eigenvalue weighted by atomic mass is 35.5. The number of carbonyl (C=O) groups excluding carboxylic acids is 1. The fourth-order valence-electron chi connectivity index (χ4n) is 2.23. The molecule has 1 amide bonds. The molecule has 3 nitrogen and oxygen atoms in total. The molecular weight excluding hydrogens is 318 g/mol. The fourth-order valence-corrected chi connectivity index (χ4v) is 2.72. The topological polar surface area (TPSA) is 41.1 Å². The van der Waals surface area contributed by atoms with Crippen molar-refractivity contribution in [3.63, 3.8) is 0 Å². The van der Waals surface area contributed by atoms with Crippen LogP contribution in [0.3, 0.4) is 0 Å². The number of piperidine rings is 1. The molecule has 1 unspecified atom stereocenters. The second-order valence-electron chi connectivity index (χ2n) is 4.83. The number of hydrogen-bond donors (Lipinski definition) is 2. The van der Waals surface area contributed by atoms with Gasteiger partial charge < -0.3 is 10.6 Å². The number of alkyl halides is 2. The summed E-state index contributed by atoms with van der Waals surface area (Å²) in [7, 11) is 0. The SMILES string of the molecule is Cl.O=C(NCC1CCCNC1)c1ccc(SC(F)F)cc1. The van der Waals surface area contributed by atoms with Gasteiger partial charge in [0.05, 0.1) is 0 Å². The third kappa shape index (κ3) is 6.20. The molecule has 0 spiro atoms. The Hall–Kier alpha value is -0.850. The summed E-state index contributed by atoms with van der Waals surface area (Å²) in [6, 6.07) is 6.26. The molecular formula is C14H19ClF2N2OS. The first kappa shape index (κ1) is 18.2. The second-order valence-corrected chi connectivity index (χ2v) is 5.89. The van der Waals surface area contributed by atoms with Gasteiger partial charge in [0.1, 0.15) is 0 Å². The average molecular weight is 337 g/mol. The van der Waals surface area contributed by atoms with Gasteiger partial charge in [-0.2, -0.15) is 8.78 Å². The minimum atomic E-state index is -2.44. The maximum atomic E-state index is 12.2. The molecule has 7 heteroatoms.